The number of hydrogen-bond acceptors (Lipinski definition) is 4. The van der Waals surface area contributed by atoms with Crippen molar-refractivity contribution in [1.29, 1.82) is 0 Å². The lowest BCUT2D eigenvalue weighted by Gasteiger charge is -2.23. The highest BCUT2D eigenvalue weighted by Gasteiger charge is 2.09. The topological polar surface area (TPSA) is 37.4 Å². The molecular formula is C17H31N3O. The summed E-state index contributed by atoms with van der Waals surface area (Å²) in [5, 5.41) is 3.51. The van der Waals surface area contributed by atoms with Crippen LogP contribution in [0.25, 0.3) is 0 Å². The van der Waals surface area contributed by atoms with E-state index in [1.165, 1.54) is 5.56 Å². The molecule has 4 nitrogen and oxygen atoms in total. The smallest absolute Gasteiger partial charge is 0.129 e. The molecule has 0 saturated carbocycles. The van der Waals surface area contributed by atoms with E-state index in [-0.39, 0.29) is 0 Å². The maximum Gasteiger partial charge on any atom is 0.129 e. The molecule has 0 bridgehead atoms. The predicted molar refractivity (Wildman–Crippen MR) is 89.9 cm³/mol. The molecule has 1 aromatic heterocycles. The van der Waals surface area contributed by atoms with Crippen LogP contribution in [0.2, 0.25) is 0 Å². The first-order chi connectivity index (χ1) is 10.1. The minimum Gasteiger partial charge on any atom is -0.383 e. The number of hydrogen-bond donors (Lipinski definition) is 1. The molecule has 0 aromatic carbocycles. The summed E-state index contributed by atoms with van der Waals surface area (Å²) in [6.07, 6.45) is 0.965. The van der Waals surface area contributed by atoms with Gasteiger partial charge in [-0.3, -0.25) is 0 Å². The Morgan fingerprint density at radius 1 is 1.29 bits per heavy atom. The second-order valence-electron chi connectivity index (χ2n) is 5.78. The number of anilines is 1. The van der Waals surface area contributed by atoms with Crippen LogP contribution < -0.4 is 10.2 Å². The molecule has 0 saturated heterocycles. The second-order valence-corrected chi connectivity index (χ2v) is 5.78. The number of ether oxygens (including phenoxy) is 1. The first kappa shape index (κ1) is 17.9. The van der Waals surface area contributed by atoms with E-state index in [0.29, 0.717) is 5.92 Å². The number of likely N-dealkylation sites (N-methyl/N-ethyl adjacent to an activating group) is 1. The summed E-state index contributed by atoms with van der Waals surface area (Å²) in [6, 6.07) is 4.41. The van der Waals surface area contributed by atoms with Crippen molar-refractivity contribution in [3.05, 3.63) is 23.4 Å². The van der Waals surface area contributed by atoms with Gasteiger partial charge in [0.05, 0.1) is 6.61 Å². The zero-order valence-electron chi connectivity index (χ0n) is 14.3. The Labute approximate surface area is 129 Å². The van der Waals surface area contributed by atoms with Crippen LogP contribution in [0.1, 0.15) is 39.0 Å². The van der Waals surface area contributed by atoms with Crippen LogP contribution in [0.4, 0.5) is 5.82 Å². The molecule has 0 spiro atoms. The summed E-state index contributed by atoms with van der Waals surface area (Å²) in [6.45, 7) is 13.3. The Hall–Kier alpha value is -1.13. The van der Waals surface area contributed by atoms with E-state index in [9.17, 15) is 0 Å². The zero-order chi connectivity index (χ0) is 15.7. The highest BCUT2D eigenvalue weighted by atomic mass is 16.5. The van der Waals surface area contributed by atoms with Crippen LogP contribution in [0.5, 0.6) is 0 Å². The van der Waals surface area contributed by atoms with Crippen molar-refractivity contribution in [2.75, 3.05) is 38.3 Å². The lowest BCUT2D eigenvalue weighted by Crippen LogP contribution is -2.28. The summed E-state index contributed by atoms with van der Waals surface area (Å²) < 4.78 is 5.19. The van der Waals surface area contributed by atoms with E-state index in [1.54, 1.807) is 7.11 Å². The van der Waals surface area contributed by atoms with Gasteiger partial charge in [-0.1, -0.05) is 20.8 Å². The minimum absolute atomic E-state index is 0.672. The fourth-order valence-corrected chi connectivity index (χ4v) is 2.22. The summed E-state index contributed by atoms with van der Waals surface area (Å²) in [5.41, 5.74) is 2.47. The number of aromatic nitrogens is 1. The molecular weight excluding hydrogens is 262 g/mol. The largest absolute Gasteiger partial charge is 0.383 e. The molecule has 0 unspecified atom stereocenters. The zero-order valence-corrected chi connectivity index (χ0v) is 14.3. The van der Waals surface area contributed by atoms with Crippen molar-refractivity contribution in [2.24, 2.45) is 5.92 Å². The predicted octanol–water partition coefficient (Wildman–Crippen LogP) is 2.86. The van der Waals surface area contributed by atoms with Crippen molar-refractivity contribution >= 4 is 5.82 Å². The molecule has 1 rings (SSSR count). The van der Waals surface area contributed by atoms with Crippen molar-refractivity contribution in [1.82, 2.24) is 10.3 Å². The summed E-state index contributed by atoms with van der Waals surface area (Å²) in [4.78, 5) is 7.03. The van der Waals surface area contributed by atoms with Crippen LogP contribution in [-0.4, -0.2) is 38.3 Å². The third-order valence-electron chi connectivity index (χ3n) is 3.44. The van der Waals surface area contributed by atoms with Gasteiger partial charge in [0.1, 0.15) is 5.82 Å². The molecule has 0 aliphatic carbocycles. The molecule has 4 heteroatoms. The van der Waals surface area contributed by atoms with Crippen LogP contribution in [0, 0.1) is 5.92 Å². The maximum atomic E-state index is 5.19. The molecule has 0 radical (unpaired) electrons. The highest BCUT2D eigenvalue weighted by Crippen LogP contribution is 2.16. The third kappa shape index (κ3) is 6.44. The first-order valence-electron chi connectivity index (χ1n) is 8.05. The summed E-state index contributed by atoms with van der Waals surface area (Å²) in [7, 11) is 1.74. The fraction of sp³-hybridized carbons (Fsp3) is 0.706. The Balaban J connectivity index is 2.82. The van der Waals surface area contributed by atoms with Gasteiger partial charge in [-0.25, -0.2) is 4.98 Å². The standard InChI is InChI=1S/C17H31N3O/c1-6-16-10-15(13-18-12-14(3)4)11-17(19-16)20(7-2)8-9-21-5/h10-11,14,18H,6-9,12-13H2,1-5H3. The average molecular weight is 293 g/mol. The number of nitrogens with zero attached hydrogens (tertiary/aromatic N) is 2. The van der Waals surface area contributed by atoms with Crippen molar-refractivity contribution in [3.8, 4) is 0 Å². The molecule has 1 heterocycles. The Morgan fingerprint density at radius 3 is 2.62 bits per heavy atom. The van der Waals surface area contributed by atoms with Gasteiger partial charge in [-0.2, -0.15) is 0 Å². The molecule has 0 aliphatic rings. The molecule has 21 heavy (non-hydrogen) atoms. The van der Waals surface area contributed by atoms with Crippen molar-refractivity contribution in [3.63, 3.8) is 0 Å². The van der Waals surface area contributed by atoms with E-state index in [2.05, 4.69) is 50.0 Å². The summed E-state index contributed by atoms with van der Waals surface area (Å²) in [5.74, 6) is 1.74. The van der Waals surface area contributed by atoms with Gasteiger partial charge in [0, 0.05) is 32.4 Å². The van der Waals surface area contributed by atoms with Gasteiger partial charge >= 0.3 is 0 Å². The van der Waals surface area contributed by atoms with Gasteiger partial charge in [-0.05, 0) is 43.5 Å². The molecule has 1 N–H and O–H groups in total. The van der Waals surface area contributed by atoms with Crippen molar-refractivity contribution < 1.29 is 4.74 Å². The number of rotatable bonds is 10. The van der Waals surface area contributed by atoms with Gasteiger partial charge in [-0.15, -0.1) is 0 Å². The lowest BCUT2D eigenvalue weighted by molar-refractivity contribution is 0.205. The van der Waals surface area contributed by atoms with Crippen LogP contribution in [-0.2, 0) is 17.7 Å². The fourth-order valence-electron chi connectivity index (χ4n) is 2.22. The Bertz CT molecular complexity index is 407. The van der Waals surface area contributed by atoms with Gasteiger partial charge < -0.3 is 15.0 Å². The maximum absolute atomic E-state index is 5.19. The van der Waals surface area contributed by atoms with E-state index in [0.717, 1.165) is 50.7 Å². The first-order valence-corrected chi connectivity index (χ1v) is 8.05. The van der Waals surface area contributed by atoms with Crippen LogP contribution >= 0.6 is 0 Å². The van der Waals surface area contributed by atoms with E-state index < -0.39 is 0 Å². The van der Waals surface area contributed by atoms with Crippen LogP contribution in [0.3, 0.4) is 0 Å². The number of methoxy groups -OCH3 is 1. The number of pyridine rings is 1. The second kappa shape index (κ2) is 9.74. The molecule has 0 amide bonds. The molecule has 0 atom stereocenters. The third-order valence-corrected chi connectivity index (χ3v) is 3.44. The Kier molecular flexibility index (Phi) is 8.31. The molecule has 0 fully saturated rings. The van der Waals surface area contributed by atoms with Gasteiger partial charge in [0.25, 0.3) is 0 Å². The number of nitrogens with one attached hydrogen (secondary N) is 1. The number of aryl methyl sites for hydroxylation is 1. The summed E-state index contributed by atoms with van der Waals surface area (Å²) >= 11 is 0. The average Bonchev–Trinajstić information content (AvgIpc) is 2.47. The lowest BCUT2D eigenvalue weighted by atomic mass is 10.1. The van der Waals surface area contributed by atoms with E-state index in [1.807, 2.05) is 0 Å². The quantitative estimate of drug-likeness (QED) is 0.720. The SMILES string of the molecule is CCc1cc(CNCC(C)C)cc(N(CC)CCOC)n1. The minimum atomic E-state index is 0.672. The Morgan fingerprint density at radius 2 is 2.05 bits per heavy atom. The van der Waals surface area contributed by atoms with Crippen LogP contribution in [0.15, 0.2) is 12.1 Å². The highest BCUT2D eigenvalue weighted by molar-refractivity contribution is 5.42. The van der Waals surface area contributed by atoms with Gasteiger partial charge in [0.15, 0.2) is 0 Å². The normalized spacial score (nSPS) is 11.1. The van der Waals surface area contributed by atoms with E-state index in [4.69, 9.17) is 9.72 Å². The molecule has 0 aliphatic heterocycles. The van der Waals surface area contributed by atoms with Gasteiger partial charge in [0.2, 0.25) is 0 Å². The van der Waals surface area contributed by atoms with E-state index >= 15 is 0 Å². The van der Waals surface area contributed by atoms with Crippen molar-refractivity contribution in [2.45, 2.75) is 40.7 Å². The molecule has 120 valence electrons. The molecule has 1 aromatic rings. The monoisotopic (exact) mass is 293 g/mol.